The Balaban J connectivity index is 2.01. The SMILES string of the molecule is OSc1cc(O)c2ccc(Nc3ccccc3)cc2c1. The molecule has 0 aliphatic rings. The van der Waals surface area contributed by atoms with Gasteiger partial charge in [0.2, 0.25) is 0 Å². The van der Waals surface area contributed by atoms with Crippen molar-refractivity contribution in [3.8, 4) is 5.75 Å². The van der Waals surface area contributed by atoms with Crippen LogP contribution in [0.25, 0.3) is 10.8 Å². The molecule has 0 unspecified atom stereocenters. The first-order chi connectivity index (χ1) is 9.76. The number of para-hydroxylation sites is 1. The van der Waals surface area contributed by atoms with Crippen molar-refractivity contribution in [1.82, 2.24) is 0 Å². The van der Waals surface area contributed by atoms with Gasteiger partial charge in [0.1, 0.15) is 5.75 Å². The summed E-state index contributed by atoms with van der Waals surface area (Å²) in [5.41, 5.74) is 1.94. The molecule has 0 atom stereocenters. The number of phenolic OH excluding ortho intramolecular Hbond substituents is 1. The topological polar surface area (TPSA) is 52.5 Å². The van der Waals surface area contributed by atoms with E-state index < -0.39 is 0 Å². The van der Waals surface area contributed by atoms with Crippen molar-refractivity contribution in [2.45, 2.75) is 4.90 Å². The largest absolute Gasteiger partial charge is 0.507 e. The number of fused-ring (bicyclic) bond motifs is 1. The molecule has 3 rings (SSSR count). The molecule has 0 heterocycles. The van der Waals surface area contributed by atoms with Crippen LogP contribution in [-0.2, 0) is 0 Å². The number of aromatic hydroxyl groups is 1. The van der Waals surface area contributed by atoms with E-state index in [4.69, 9.17) is 4.55 Å². The third-order valence-corrected chi connectivity index (χ3v) is 3.52. The van der Waals surface area contributed by atoms with Crippen LogP contribution in [0.5, 0.6) is 5.75 Å². The summed E-state index contributed by atoms with van der Waals surface area (Å²) in [5, 5.41) is 14.9. The fourth-order valence-electron chi connectivity index (χ4n) is 2.14. The minimum absolute atomic E-state index is 0.172. The van der Waals surface area contributed by atoms with Crippen molar-refractivity contribution in [2.75, 3.05) is 5.32 Å². The van der Waals surface area contributed by atoms with Crippen molar-refractivity contribution in [3.05, 3.63) is 60.7 Å². The number of hydrogen-bond acceptors (Lipinski definition) is 4. The van der Waals surface area contributed by atoms with Crippen molar-refractivity contribution < 1.29 is 9.66 Å². The van der Waals surface area contributed by atoms with Gasteiger partial charge in [0.15, 0.2) is 0 Å². The van der Waals surface area contributed by atoms with Crippen molar-refractivity contribution in [2.24, 2.45) is 0 Å². The molecule has 0 saturated carbocycles. The van der Waals surface area contributed by atoms with E-state index in [9.17, 15) is 5.11 Å². The van der Waals surface area contributed by atoms with Crippen LogP contribution in [0.1, 0.15) is 0 Å². The van der Waals surface area contributed by atoms with E-state index >= 15 is 0 Å². The van der Waals surface area contributed by atoms with Gasteiger partial charge < -0.3 is 15.0 Å². The van der Waals surface area contributed by atoms with Gasteiger partial charge in [-0.25, -0.2) is 0 Å². The van der Waals surface area contributed by atoms with Crippen LogP contribution < -0.4 is 5.32 Å². The average molecular weight is 283 g/mol. The van der Waals surface area contributed by atoms with E-state index in [1.54, 1.807) is 6.07 Å². The highest BCUT2D eigenvalue weighted by Crippen LogP contribution is 2.32. The van der Waals surface area contributed by atoms with Gasteiger partial charge in [-0.3, -0.25) is 0 Å². The molecule has 0 fully saturated rings. The zero-order chi connectivity index (χ0) is 13.9. The lowest BCUT2D eigenvalue weighted by atomic mass is 10.1. The third-order valence-electron chi connectivity index (χ3n) is 3.07. The van der Waals surface area contributed by atoms with Gasteiger partial charge in [-0.15, -0.1) is 0 Å². The molecule has 100 valence electrons. The van der Waals surface area contributed by atoms with Crippen molar-refractivity contribution in [1.29, 1.82) is 0 Å². The highest BCUT2D eigenvalue weighted by Gasteiger charge is 2.04. The highest BCUT2D eigenvalue weighted by atomic mass is 32.2. The summed E-state index contributed by atoms with van der Waals surface area (Å²) in [6.45, 7) is 0. The minimum atomic E-state index is 0.172. The number of nitrogens with one attached hydrogen (secondary N) is 1. The number of rotatable bonds is 3. The van der Waals surface area contributed by atoms with E-state index in [1.165, 1.54) is 0 Å². The first kappa shape index (κ1) is 12.8. The Morgan fingerprint density at radius 3 is 2.40 bits per heavy atom. The lowest BCUT2D eigenvalue weighted by Crippen LogP contribution is -1.89. The van der Waals surface area contributed by atoms with E-state index in [0.29, 0.717) is 16.9 Å². The Morgan fingerprint density at radius 1 is 0.850 bits per heavy atom. The number of benzene rings is 3. The number of phenols is 1. The quantitative estimate of drug-likeness (QED) is 0.601. The Morgan fingerprint density at radius 2 is 1.65 bits per heavy atom. The lowest BCUT2D eigenvalue weighted by Gasteiger charge is -2.09. The van der Waals surface area contributed by atoms with E-state index in [1.807, 2.05) is 54.6 Å². The molecule has 20 heavy (non-hydrogen) atoms. The second kappa shape index (κ2) is 5.45. The normalized spacial score (nSPS) is 10.7. The maximum atomic E-state index is 9.92. The van der Waals surface area contributed by atoms with Gasteiger partial charge in [-0.2, -0.15) is 0 Å². The molecule has 3 aromatic carbocycles. The van der Waals surface area contributed by atoms with Crippen LogP contribution in [0, 0.1) is 0 Å². The summed E-state index contributed by atoms with van der Waals surface area (Å²) in [6.07, 6.45) is 0. The van der Waals surface area contributed by atoms with Gasteiger partial charge in [-0.05, 0) is 47.9 Å². The van der Waals surface area contributed by atoms with Crippen LogP contribution >= 0.6 is 12.0 Å². The summed E-state index contributed by atoms with van der Waals surface area (Å²) in [6, 6.07) is 19.0. The highest BCUT2D eigenvalue weighted by molar-refractivity contribution is 7.93. The molecular formula is C16H13NO2S. The van der Waals surface area contributed by atoms with E-state index in [0.717, 1.165) is 22.1 Å². The zero-order valence-electron chi connectivity index (χ0n) is 10.6. The Kier molecular flexibility index (Phi) is 3.50. The van der Waals surface area contributed by atoms with Gasteiger partial charge >= 0.3 is 0 Å². The third kappa shape index (κ3) is 2.57. The summed E-state index contributed by atoms with van der Waals surface area (Å²) < 4.78 is 9.12. The van der Waals surface area contributed by atoms with Crippen LogP contribution in [0.3, 0.4) is 0 Å². The fourth-order valence-corrected chi connectivity index (χ4v) is 2.49. The van der Waals surface area contributed by atoms with Gasteiger partial charge in [0, 0.05) is 33.7 Å². The number of hydrogen-bond donors (Lipinski definition) is 3. The monoisotopic (exact) mass is 283 g/mol. The molecule has 0 spiro atoms. The first-order valence-corrected chi connectivity index (χ1v) is 6.94. The lowest BCUT2D eigenvalue weighted by molar-refractivity contribution is 0.480. The molecule has 4 heteroatoms. The van der Waals surface area contributed by atoms with Gasteiger partial charge in [-0.1, -0.05) is 18.2 Å². The maximum absolute atomic E-state index is 9.92. The summed E-state index contributed by atoms with van der Waals surface area (Å²) in [5.74, 6) is 0.172. The second-order valence-electron chi connectivity index (χ2n) is 4.46. The molecule has 3 aromatic rings. The molecular weight excluding hydrogens is 270 g/mol. The zero-order valence-corrected chi connectivity index (χ0v) is 11.4. The maximum Gasteiger partial charge on any atom is 0.124 e. The molecule has 0 radical (unpaired) electrons. The Bertz CT molecular complexity index is 744. The summed E-state index contributed by atoms with van der Waals surface area (Å²) >= 11 is 0.627. The molecule has 0 amide bonds. The van der Waals surface area contributed by atoms with Crippen LogP contribution in [0.15, 0.2) is 65.6 Å². The molecule has 3 nitrogen and oxygen atoms in total. The molecule has 0 aliphatic heterocycles. The molecule has 0 aromatic heterocycles. The van der Waals surface area contributed by atoms with Crippen LogP contribution in [-0.4, -0.2) is 9.66 Å². The minimum Gasteiger partial charge on any atom is -0.507 e. The average Bonchev–Trinajstić information content (AvgIpc) is 2.48. The summed E-state index contributed by atoms with van der Waals surface area (Å²) in [4.78, 5) is 0.617. The first-order valence-electron chi connectivity index (χ1n) is 6.16. The van der Waals surface area contributed by atoms with Crippen LogP contribution in [0.2, 0.25) is 0 Å². The summed E-state index contributed by atoms with van der Waals surface area (Å²) in [7, 11) is 0. The molecule has 3 N–H and O–H groups in total. The van der Waals surface area contributed by atoms with Gasteiger partial charge in [0.05, 0.1) is 0 Å². The second-order valence-corrected chi connectivity index (χ2v) is 5.11. The Hall–Kier alpha value is -2.17. The smallest absolute Gasteiger partial charge is 0.124 e. The van der Waals surface area contributed by atoms with Crippen LogP contribution in [0.4, 0.5) is 11.4 Å². The molecule has 0 aliphatic carbocycles. The van der Waals surface area contributed by atoms with Gasteiger partial charge in [0.25, 0.3) is 0 Å². The Labute approximate surface area is 121 Å². The molecule has 0 saturated heterocycles. The van der Waals surface area contributed by atoms with E-state index in [2.05, 4.69) is 5.32 Å². The molecule has 0 bridgehead atoms. The fraction of sp³-hybridized carbons (Fsp3) is 0. The predicted molar refractivity (Wildman–Crippen MR) is 83.8 cm³/mol. The van der Waals surface area contributed by atoms with Crippen molar-refractivity contribution >= 4 is 34.2 Å². The number of anilines is 2. The van der Waals surface area contributed by atoms with Crippen molar-refractivity contribution in [3.63, 3.8) is 0 Å². The standard InChI is InChI=1S/C16H13NO2S/c18-16-10-14(20-19)9-11-8-13(6-7-15(11)16)17-12-4-2-1-3-5-12/h1-10,17-19H. The van der Waals surface area contributed by atoms with E-state index in [-0.39, 0.29) is 5.75 Å². The predicted octanol–water partition coefficient (Wildman–Crippen LogP) is 4.85.